The Morgan fingerprint density at radius 1 is 1.32 bits per heavy atom. The van der Waals surface area contributed by atoms with Crippen LogP contribution in [0.25, 0.3) is 0 Å². The second kappa shape index (κ2) is 6.33. The lowest BCUT2D eigenvalue weighted by Crippen LogP contribution is -2.33. The molecule has 102 valence electrons. The fourth-order valence-electron chi connectivity index (χ4n) is 2.15. The molecule has 1 saturated heterocycles. The molecule has 1 aromatic carbocycles. The number of aliphatic carboxylic acids is 1. The van der Waals surface area contributed by atoms with E-state index >= 15 is 0 Å². The molecular formula is C14H17NO4. The molecule has 5 heteroatoms. The lowest BCUT2D eigenvalue weighted by Gasteiger charge is -2.12. The predicted molar refractivity (Wildman–Crippen MR) is 68.6 cm³/mol. The van der Waals surface area contributed by atoms with E-state index in [1.165, 1.54) is 0 Å². The Kier molecular flexibility index (Phi) is 4.52. The number of benzene rings is 1. The van der Waals surface area contributed by atoms with Gasteiger partial charge in [0.1, 0.15) is 6.10 Å². The Hall–Kier alpha value is -1.88. The Bertz CT molecular complexity index is 466. The van der Waals surface area contributed by atoms with Crippen molar-refractivity contribution < 1.29 is 19.4 Å². The second-order valence-electron chi connectivity index (χ2n) is 4.56. The Morgan fingerprint density at radius 3 is 2.68 bits per heavy atom. The van der Waals surface area contributed by atoms with Crippen molar-refractivity contribution in [3.8, 4) is 0 Å². The summed E-state index contributed by atoms with van der Waals surface area (Å²) in [4.78, 5) is 22.6. The van der Waals surface area contributed by atoms with Crippen molar-refractivity contribution in [1.82, 2.24) is 5.32 Å². The Balaban J connectivity index is 1.94. The van der Waals surface area contributed by atoms with Crippen molar-refractivity contribution >= 4 is 11.9 Å². The monoisotopic (exact) mass is 263 g/mol. The third kappa shape index (κ3) is 3.79. The van der Waals surface area contributed by atoms with Crippen molar-refractivity contribution in [2.24, 2.45) is 0 Å². The van der Waals surface area contributed by atoms with Gasteiger partial charge in [0, 0.05) is 13.2 Å². The fourth-order valence-corrected chi connectivity index (χ4v) is 2.15. The number of amides is 1. The van der Waals surface area contributed by atoms with Crippen LogP contribution in [0, 0.1) is 0 Å². The molecule has 2 N–H and O–H groups in total. The van der Waals surface area contributed by atoms with Crippen LogP contribution in [0.5, 0.6) is 0 Å². The molecule has 0 radical (unpaired) electrons. The summed E-state index contributed by atoms with van der Waals surface area (Å²) in [5, 5.41) is 11.6. The van der Waals surface area contributed by atoms with Crippen LogP contribution >= 0.6 is 0 Å². The Labute approximate surface area is 111 Å². The van der Waals surface area contributed by atoms with Crippen LogP contribution in [0.3, 0.4) is 0 Å². The van der Waals surface area contributed by atoms with E-state index in [4.69, 9.17) is 9.84 Å². The number of ether oxygens (including phenoxy) is 1. The third-order valence-corrected chi connectivity index (χ3v) is 3.14. The molecule has 19 heavy (non-hydrogen) atoms. The maximum absolute atomic E-state index is 11.8. The molecule has 0 bridgehead atoms. The summed E-state index contributed by atoms with van der Waals surface area (Å²) < 4.78 is 5.29. The summed E-state index contributed by atoms with van der Waals surface area (Å²) in [5.41, 5.74) is 1.55. The number of carboxylic acids is 1. The number of nitrogens with one attached hydrogen (secondary N) is 1. The summed E-state index contributed by atoms with van der Waals surface area (Å²) in [6, 6.07) is 7.22. The number of rotatable bonds is 5. The van der Waals surface area contributed by atoms with Crippen LogP contribution in [0.4, 0.5) is 0 Å². The highest BCUT2D eigenvalue weighted by atomic mass is 16.5. The summed E-state index contributed by atoms with van der Waals surface area (Å²) in [6.45, 7) is 0.968. The zero-order valence-electron chi connectivity index (χ0n) is 10.6. The quantitative estimate of drug-likeness (QED) is 0.834. The van der Waals surface area contributed by atoms with Gasteiger partial charge in [-0.3, -0.25) is 9.59 Å². The van der Waals surface area contributed by atoms with E-state index in [0.29, 0.717) is 13.2 Å². The average Bonchev–Trinajstić information content (AvgIpc) is 2.90. The van der Waals surface area contributed by atoms with Crippen LogP contribution in [-0.2, 0) is 27.3 Å². The molecule has 0 saturated carbocycles. The van der Waals surface area contributed by atoms with Gasteiger partial charge in [-0.1, -0.05) is 24.3 Å². The number of carbonyl (C=O) groups excluding carboxylic acids is 1. The average molecular weight is 263 g/mol. The first-order valence-electron chi connectivity index (χ1n) is 6.34. The molecule has 1 amide bonds. The van der Waals surface area contributed by atoms with Crippen molar-refractivity contribution in [1.29, 1.82) is 0 Å². The topological polar surface area (TPSA) is 75.6 Å². The molecule has 0 aliphatic carbocycles. The number of hydrogen-bond acceptors (Lipinski definition) is 3. The highest BCUT2D eigenvalue weighted by Gasteiger charge is 2.23. The molecule has 1 atom stereocenters. The first kappa shape index (κ1) is 13.5. The smallest absolute Gasteiger partial charge is 0.307 e. The van der Waals surface area contributed by atoms with Crippen LogP contribution in [0.1, 0.15) is 24.0 Å². The van der Waals surface area contributed by atoms with Gasteiger partial charge in [0.05, 0.1) is 6.42 Å². The Morgan fingerprint density at radius 2 is 2.05 bits per heavy atom. The first-order valence-corrected chi connectivity index (χ1v) is 6.34. The lowest BCUT2D eigenvalue weighted by atomic mass is 10.0. The van der Waals surface area contributed by atoms with Crippen LogP contribution < -0.4 is 5.32 Å². The van der Waals surface area contributed by atoms with Crippen molar-refractivity contribution in [2.75, 3.05) is 6.61 Å². The number of hydrogen-bond donors (Lipinski definition) is 2. The highest BCUT2D eigenvalue weighted by Crippen LogP contribution is 2.13. The zero-order valence-corrected chi connectivity index (χ0v) is 10.6. The SMILES string of the molecule is O=C(O)Cc1ccccc1CNC(=O)C1CCCO1. The minimum atomic E-state index is -0.877. The summed E-state index contributed by atoms with van der Waals surface area (Å²) in [5.74, 6) is -1.000. The number of carbonyl (C=O) groups is 2. The molecule has 5 nitrogen and oxygen atoms in total. The molecule has 1 unspecified atom stereocenters. The van der Waals surface area contributed by atoms with Gasteiger partial charge in [0.25, 0.3) is 0 Å². The molecule has 2 rings (SSSR count). The van der Waals surface area contributed by atoms with E-state index in [9.17, 15) is 9.59 Å². The van der Waals surface area contributed by atoms with Crippen molar-refractivity contribution in [3.05, 3.63) is 35.4 Å². The number of carboxylic acid groups (broad SMARTS) is 1. The lowest BCUT2D eigenvalue weighted by molar-refractivity contribution is -0.136. The zero-order chi connectivity index (χ0) is 13.7. The van der Waals surface area contributed by atoms with Gasteiger partial charge in [-0.25, -0.2) is 0 Å². The van der Waals surface area contributed by atoms with E-state index in [0.717, 1.165) is 24.0 Å². The standard InChI is InChI=1S/C14H17NO4/c16-13(17)8-10-4-1-2-5-11(10)9-15-14(18)12-6-3-7-19-12/h1-2,4-5,12H,3,6-9H2,(H,15,18)(H,16,17). The molecular weight excluding hydrogens is 246 g/mol. The van der Waals surface area contributed by atoms with Gasteiger partial charge in [0.2, 0.25) is 5.91 Å². The third-order valence-electron chi connectivity index (χ3n) is 3.14. The van der Waals surface area contributed by atoms with Gasteiger partial charge in [0.15, 0.2) is 0 Å². The minimum absolute atomic E-state index is 0.0357. The van der Waals surface area contributed by atoms with Gasteiger partial charge in [-0.15, -0.1) is 0 Å². The van der Waals surface area contributed by atoms with Crippen LogP contribution in [-0.4, -0.2) is 29.7 Å². The molecule has 1 aliphatic rings. The van der Waals surface area contributed by atoms with E-state index in [1.807, 2.05) is 12.1 Å². The summed E-state index contributed by atoms with van der Waals surface area (Å²) >= 11 is 0. The highest BCUT2D eigenvalue weighted by molar-refractivity contribution is 5.81. The maximum Gasteiger partial charge on any atom is 0.307 e. The van der Waals surface area contributed by atoms with Crippen molar-refractivity contribution in [3.63, 3.8) is 0 Å². The van der Waals surface area contributed by atoms with E-state index < -0.39 is 5.97 Å². The van der Waals surface area contributed by atoms with Crippen LogP contribution in [0.2, 0.25) is 0 Å². The van der Waals surface area contributed by atoms with Gasteiger partial charge in [-0.2, -0.15) is 0 Å². The van der Waals surface area contributed by atoms with Gasteiger partial charge < -0.3 is 15.2 Å². The van der Waals surface area contributed by atoms with Crippen LogP contribution in [0.15, 0.2) is 24.3 Å². The van der Waals surface area contributed by atoms with E-state index in [-0.39, 0.29) is 18.4 Å². The fraction of sp³-hybridized carbons (Fsp3) is 0.429. The van der Waals surface area contributed by atoms with Crippen molar-refractivity contribution in [2.45, 2.75) is 31.9 Å². The molecule has 0 aromatic heterocycles. The minimum Gasteiger partial charge on any atom is -0.481 e. The van der Waals surface area contributed by atoms with E-state index in [1.54, 1.807) is 12.1 Å². The molecule has 1 fully saturated rings. The molecule has 0 spiro atoms. The van der Waals surface area contributed by atoms with Gasteiger partial charge in [-0.05, 0) is 24.0 Å². The second-order valence-corrected chi connectivity index (χ2v) is 4.56. The molecule has 1 aliphatic heterocycles. The normalized spacial score (nSPS) is 18.2. The maximum atomic E-state index is 11.8. The first-order chi connectivity index (χ1) is 9.16. The molecule has 1 heterocycles. The summed E-state index contributed by atoms with van der Waals surface area (Å²) in [7, 11) is 0. The predicted octanol–water partition coefficient (Wildman–Crippen LogP) is 1.11. The van der Waals surface area contributed by atoms with E-state index in [2.05, 4.69) is 5.32 Å². The van der Waals surface area contributed by atoms with Gasteiger partial charge >= 0.3 is 5.97 Å². The molecule has 1 aromatic rings. The largest absolute Gasteiger partial charge is 0.481 e. The summed E-state index contributed by atoms with van der Waals surface area (Å²) in [6.07, 6.45) is 1.27.